The topological polar surface area (TPSA) is 58.9 Å². The van der Waals surface area contributed by atoms with Gasteiger partial charge in [-0.2, -0.15) is 0 Å². The van der Waals surface area contributed by atoms with Crippen LogP contribution in [0.15, 0.2) is 35.0 Å². The van der Waals surface area contributed by atoms with Gasteiger partial charge in [-0.25, -0.2) is 15.0 Å². The van der Waals surface area contributed by atoms with Crippen molar-refractivity contribution in [3.8, 4) is 0 Å². The highest BCUT2D eigenvalue weighted by atomic mass is 32.2. The molecule has 130 valence electrons. The van der Waals surface area contributed by atoms with Gasteiger partial charge in [-0.1, -0.05) is 23.5 Å². The molecule has 0 aliphatic carbocycles. The SMILES string of the molecule is CSc1nccc(N2CCC(NCCSc3nccn3C)CC2)n1. The summed E-state index contributed by atoms with van der Waals surface area (Å²) in [5, 5.41) is 5.61. The molecule has 0 atom stereocenters. The van der Waals surface area contributed by atoms with Crippen LogP contribution in [0, 0.1) is 0 Å². The van der Waals surface area contributed by atoms with Gasteiger partial charge in [0.05, 0.1) is 0 Å². The molecular formula is C16H24N6S2. The molecule has 2 aromatic heterocycles. The van der Waals surface area contributed by atoms with Crippen LogP contribution in [0.2, 0.25) is 0 Å². The highest BCUT2D eigenvalue weighted by molar-refractivity contribution is 7.99. The Morgan fingerprint density at radius 2 is 2.08 bits per heavy atom. The summed E-state index contributed by atoms with van der Waals surface area (Å²) in [6.45, 7) is 3.12. The average Bonchev–Trinajstić information content (AvgIpc) is 3.04. The fourth-order valence-corrected chi connectivity index (χ4v) is 3.97. The molecule has 2 aromatic rings. The molecule has 0 spiro atoms. The largest absolute Gasteiger partial charge is 0.356 e. The molecule has 3 rings (SSSR count). The van der Waals surface area contributed by atoms with Gasteiger partial charge in [-0.3, -0.25) is 0 Å². The van der Waals surface area contributed by atoms with Crippen molar-refractivity contribution in [3.05, 3.63) is 24.7 Å². The zero-order valence-corrected chi connectivity index (χ0v) is 15.8. The van der Waals surface area contributed by atoms with Crippen molar-refractivity contribution in [3.63, 3.8) is 0 Å². The second kappa shape index (κ2) is 8.73. The van der Waals surface area contributed by atoms with Gasteiger partial charge in [0.2, 0.25) is 0 Å². The van der Waals surface area contributed by atoms with Gasteiger partial charge >= 0.3 is 0 Å². The Morgan fingerprint density at radius 3 is 2.79 bits per heavy atom. The molecule has 0 bridgehead atoms. The maximum absolute atomic E-state index is 4.60. The highest BCUT2D eigenvalue weighted by Crippen LogP contribution is 2.20. The van der Waals surface area contributed by atoms with Crippen molar-refractivity contribution in [1.82, 2.24) is 24.8 Å². The summed E-state index contributed by atoms with van der Waals surface area (Å²) in [4.78, 5) is 15.5. The Labute approximate surface area is 151 Å². The van der Waals surface area contributed by atoms with Crippen molar-refractivity contribution in [1.29, 1.82) is 0 Å². The molecule has 0 aromatic carbocycles. The van der Waals surface area contributed by atoms with Crippen LogP contribution in [0.4, 0.5) is 5.82 Å². The van der Waals surface area contributed by atoms with Crippen LogP contribution in [-0.4, -0.2) is 57.2 Å². The van der Waals surface area contributed by atoms with E-state index in [1.807, 2.05) is 38.0 Å². The zero-order valence-electron chi connectivity index (χ0n) is 14.2. The van der Waals surface area contributed by atoms with Crippen LogP contribution in [0.3, 0.4) is 0 Å². The minimum Gasteiger partial charge on any atom is -0.356 e. The minimum atomic E-state index is 0.602. The lowest BCUT2D eigenvalue weighted by Crippen LogP contribution is -2.43. The van der Waals surface area contributed by atoms with E-state index in [2.05, 4.69) is 29.7 Å². The number of aryl methyl sites for hydroxylation is 1. The molecule has 1 aliphatic rings. The third-order valence-corrected chi connectivity index (χ3v) is 5.79. The third-order valence-electron chi connectivity index (χ3n) is 4.16. The first kappa shape index (κ1) is 17.6. The molecule has 8 heteroatoms. The van der Waals surface area contributed by atoms with E-state index in [-0.39, 0.29) is 0 Å². The maximum Gasteiger partial charge on any atom is 0.189 e. The Balaban J connectivity index is 1.38. The summed E-state index contributed by atoms with van der Waals surface area (Å²) in [6, 6.07) is 2.61. The van der Waals surface area contributed by atoms with Crippen molar-refractivity contribution in [2.75, 3.05) is 36.5 Å². The fourth-order valence-electron chi connectivity index (χ4n) is 2.82. The summed E-state index contributed by atoms with van der Waals surface area (Å²) in [5.41, 5.74) is 0. The first-order valence-electron chi connectivity index (χ1n) is 8.22. The van der Waals surface area contributed by atoms with E-state index in [0.717, 1.165) is 54.4 Å². The number of anilines is 1. The number of thioether (sulfide) groups is 2. The molecule has 1 N–H and O–H groups in total. The van der Waals surface area contributed by atoms with Gasteiger partial charge < -0.3 is 14.8 Å². The first-order valence-corrected chi connectivity index (χ1v) is 10.4. The zero-order chi connectivity index (χ0) is 16.8. The summed E-state index contributed by atoms with van der Waals surface area (Å²) in [5.74, 6) is 2.10. The van der Waals surface area contributed by atoms with E-state index in [0.29, 0.717) is 6.04 Å². The van der Waals surface area contributed by atoms with E-state index in [9.17, 15) is 0 Å². The molecule has 0 unspecified atom stereocenters. The molecule has 0 radical (unpaired) electrons. The Hall–Kier alpha value is -1.25. The molecule has 24 heavy (non-hydrogen) atoms. The summed E-state index contributed by atoms with van der Waals surface area (Å²) in [7, 11) is 2.04. The van der Waals surface area contributed by atoms with Crippen LogP contribution in [-0.2, 0) is 7.05 Å². The van der Waals surface area contributed by atoms with Gasteiger partial charge in [0, 0.05) is 57.1 Å². The third kappa shape index (κ3) is 4.64. The number of nitrogens with zero attached hydrogens (tertiary/aromatic N) is 5. The first-order chi connectivity index (χ1) is 11.8. The van der Waals surface area contributed by atoms with Crippen LogP contribution in [0.25, 0.3) is 0 Å². The van der Waals surface area contributed by atoms with Gasteiger partial charge in [0.25, 0.3) is 0 Å². The number of nitrogens with one attached hydrogen (secondary N) is 1. The smallest absolute Gasteiger partial charge is 0.189 e. The lowest BCUT2D eigenvalue weighted by Gasteiger charge is -2.33. The number of rotatable bonds is 7. The minimum absolute atomic E-state index is 0.602. The second-order valence-corrected chi connectivity index (χ2v) is 7.62. The van der Waals surface area contributed by atoms with Crippen molar-refractivity contribution in [2.24, 2.45) is 7.05 Å². The molecule has 6 nitrogen and oxygen atoms in total. The average molecular weight is 365 g/mol. The molecule has 1 aliphatic heterocycles. The molecule has 3 heterocycles. The standard InChI is InChI=1S/C16H24N6S2/c1-21-11-7-19-16(21)24-12-8-17-13-4-9-22(10-5-13)14-3-6-18-15(20-14)23-2/h3,6-7,11,13,17H,4-5,8-10,12H2,1-2H3. The predicted octanol–water partition coefficient (Wildman–Crippen LogP) is 2.28. The second-order valence-electron chi connectivity index (χ2n) is 5.79. The number of piperidine rings is 1. The lowest BCUT2D eigenvalue weighted by molar-refractivity contribution is 0.423. The van der Waals surface area contributed by atoms with Gasteiger partial charge in [-0.15, -0.1) is 0 Å². The lowest BCUT2D eigenvalue weighted by atomic mass is 10.1. The van der Waals surface area contributed by atoms with Crippen molar-refractivity contribution in [2.45, 2.75) is 29.2 Å². The summed E-state index contributed by atoms with van der Waals surface area (Å²) >= 11 is 3.39. The summed E-state index contributed by atoms with van der Waals surface area (Å²) < 4.78 is 2.06. The number of imidazole rings is 1. The highest BCUT2D eigenvalue weighted by Gasteiger charge is 2.20. The van der Waals surface area contributed by atoms with Crippen LogP contribution in [0.5, 0.6) is 0 Å². The molecule has 1 saturated heterocycles. The maximum atomic E-state index is 4.60. The fraction of sp³-hybridized carbons (Fsp3) is 0.562. The Bertz CT molecular complexity index is 639. The van der Waals surface area contributed by atoms with E-state index in [1.165, 1.54) is 0 Å². The van der Waals surface area contributed by atoms with E-state index < -0.39 is 0 Å². The van der Waals surface area contributed by atoms with Crippen molar-refractivity contribution < 1.29 is 0 Å². The van der Waals surface area contributed by atoms with Crippen molar-refractivity contribution >= 4 is 29.3 Å². The summed E-state index contributed by atoms with van der Waals surface area (Å²) in [6.07, 6.45) is 10.0. The van der Waals surface area contributed by atoms with Crippen LogP contribution in [0.1, 0.15) is 12.8 Å². The van der Waals surface area contributed by atoms with E-state index >= 15 is 0 Å². The van der Waals surface area contributed by atoms with Crippen LogP contribution < -0.4 is 10.2 Å². The Morgan fingerprint density at radius 1 is 1.25 bits per heavy atom. The normalized spacial score (nSPS) is 15.8. The number of aromatic nitrogens is 4. The van der Waals surface area contributed by atoms with Crippen LogP contribution >= 0.6 is 23.5 Å². The molecule has 1 fully saturated rings. The quantitative estimate of drug-likeness (QED) is 0.459. The number of hydrogen-bond acceptors (Lipinski definition) is 7. The molecule has 0 saturated carbocycles. The number of hydrogen-bond donors (Lipinski definition) is 1. The van der Waals surface area contributed by atoms with E-state index in [4.69, 9.17) is 0 Å². The Kier molecular flexibility index (Phi) is 6.39. The van der Waals surface area contributed by atoms with Gasteiger partial charge in [0.15, 0.2) is 10.3 Å². The van der Waals surface area contributed by atoms with Gasteiger partial charge in [-0.05, 0) is 25.2 Å². The molecular weight excluding hydrogens is 340 g/mol. The molecule has 0 amide bonds. The predicted molar refractivity (Wildman–Crippen MR) is 101 cm³/mol. The van der Waals surface area contributed by atoms with Gasteiger partial charge in [0.1, 0.15) is 5.82 Å². The monoisotopic (exact) mass is 364 g/mol. The van der Waals surface area contributed by atoms with E-state index in [1.54, 1.807) is 23.5 Å².